The van der Waals surface area contributed by atoms with Crippen LogP contribution in [0.2, 0.25) is 5.15 Å². The zero-order valence-electron chi connectivity index (χ0n) is 16.7. The monoisotopic (exact) mass is 462 g/mol. The van der Waals surface area contributed by atoms with Crippen molar-refractivity contribution in [2.45, 2.75) is 11.8 Å². The number of carbonyl (C=O) groups excluding carboxylic acids is 1. The number of amides is 1. The smallest absolute Gasteiger partial charge is 0.259 e. The van der Waals surface area contributed by atoms with Crippen LogP contribution in [0.4, 0.5) is 4.39 Å². The molecular weight excluding hydrogens is 443 g/mol. The molecule has 0 bridgehead atoms. The summed E-state index contributed by atoms with van der Waals surface area (Å²) in [6.45, 7) is 2.53. The number of aryl methyl sites for hydroxylation is 1. The minimum Gasteiger partial charge on any atom is -0.336 e. The Hall–Kier alpha value is -2.75. The molecule has 1 aliphatic heterocycles. The topological polar surface area (TPSA) is 75.5 Å². The first kappa shape index (κ1) is 21.5. The highest BCUT2D eigenvalue weighted by Gasteiger charge is 2.32. The summed E-state index contributed by atoms with van der Waals surface area (Å²) in [6.07, 6.45) is 0. The molecule has 0 N–H and O–H groups in total. The molecule has 7 nitrogen and oxygen atoms in total. The van der Waals surface area contributed by atoms with Gasteiger partial charge in [0.05, 0.1) is 21.8 Å². The Balaban J connectivity index is 1.51. The molecule has 1 fully saturated rings. The van der Waals surface area contributed by atoms with Crippen LogP contribution in [0.25, 0.3) is 5.69 Å². The molecular formula is C21H20ClFN4O3S. The van der Waals surface area contributed by atoms with E-state index >= 15 is 0 Å². The molecule has 0 unspecified atom stereocenters. The van der Waals surface area contributed by atoms with Gasteiger partial charge in [-0.15, -0.1) is 0 Å². The van der Waals surface area contributed by atoms with E-state index in [0.717, 1.165) is 0 Å². The predicted molar refractivity (Wildman–Crippen MR) is 114 cm³/mol. The van der Waals surface area contributed by atoms with Gasteiger partial charge >= 0.3 is 0 Å². The summed E-state index contributed by atoms with van der Waals surface area (Å²) in [5.41, 5.74) is 1.23. The number of halogens is 2. The van der Waals surface area contributed by atoms with Gasteiger partial charge in [-0.3, -0.25) is 4.79 Å². The van der Waals surface area contributed by atoms with E-state index in [9.17, 15) is 17.6 Å². The lowest BCUT2D eigenvalue weighted by atomic mass is 10.2. The maximum atomic E-state index is 13.2. The van der Waals surface area contributed by atoms with Crippen molar-refractivity contribution in [2.24, 2.45) is 0 Å². The van der Waals surface area contributed by atoms with Gasteiger partial charge in [0.25, 0.3) is 5.91 Å². The molecule has 31 heavy (non-hydrogen) atoms. The molecule has 0 radical (unpaired) electrons. The molecule has 162 valence electrons. The van der Waals surface area contributed by atoms with Crippen LogP contribution in [-0.4, -0.2) is 59.5 Å². The fraction of sp³-hybridized carbons (Fsp3) is 0.238. The molecule has 3 aromatic rings. The van der Waals surface area contributed by atoms with Crippen LogP contribution in [0.15, 0.2) is 59.5 Å². The molecule has 10 heteroatoms. The molecule has 0 spiro atoms. The van der Waals surface area contributed by atoms with Gasteiger partial charge in [0.2, 0.25) is 10.0 Å². The number of rotatable bonds is 4. The van der Waals surface area contributed by atoms with Gasteiger partial charge in [-0.1, -0.05) is 29.8 Å². The van der Waals surface area contributed by atoms with Gasteiger partial charge in [0.1, 0.15) is 11.0 Å². The second kappa shape index (κ2) is 8.41. The SMILES string of the molecule is Cc1nn(-c2ccc(F)cc2)c(Cl)c1C(=O)N1CCN(S(=O)(=O)c2ccccc2)CC1. The summed E-state index contributed by atoms with van der Waals surface area (Å²) in [5, 5.41) is 4.46. The van der Waals surface area contributed by atoms with Gasteiger partial charge < -0.3 is 4.90 Å². The third kappa shape index (κ3) is 4.08. The Labute approximate surface area is 184 Å². The predicted octanol–water partition coefficient (Wildman–Crippen LogP) is 3.12. The molecule has 4 rings (SSSR count). The summed E-state index contributed by atoms with van der Waals surface area (Å²) in [7, 11) is -3.61. The van der Waals surface area contributed by atoms with Crippen LogP contribution in [0.1, 0.15) is 16.1 Å². The number of nitrogens with zero attached hydrogens (tertiary/aromatic N) is 4. The third-order valence-corrected chi connectivity index (χ3v) is 7.46. The van der Waals surface area contributed by atoms with Gasteiger partial charge in [0, 0.05) is 26.2 Å². The fourth-order valence-electron chi connectivity index (χ4n) is 3.53. The molecule has 1 saturated heterocycles. The van der Waals surface area contributed by atoms with Gasteiger partial charge in [-0.05, 0) is 43.3 Å². The first-order valence-electron chi connectivity index (χ1n) is 9.64. The largest absolute Gasteiger partial charge is 0.336 e. The second-order valence-corrected chi connectivity index (χ2v) is 9.44. The van der Waals surface area contributed by atoms with Crippen LogP contribution in [0, 0.1) is 12.7 Å². The Bertz CT molecular complexity index is 1210. The summed E-state index contributed by atoms with van der Waals surface area (Å²) in [4.78, 5) is 14.9. The second-order valence-electron chi connectivity index (χ2n) is 7.15. The lowest BCUT2D eigenvalue weighted by Crippen LogP contribution is -2.50. The highest BCUT2D eigenvalue weighted by molar-refractivity contribution is 7.89. The first-order chi connectivity index (χ1) is 14.8. The van der Waals surface area contributed by atoms with Crippen molar-refractivity contribution < 1.29 is 17.6 Å². The number of piperazine rings is 1. The highest BCUT2D eigenvalue weighted by atomic mass is 35.5. The van der Waals surface area contributed by atoms with Crippen molar-refractivity contribution in [3.05, 3.63) is 76.8 Å². The number of sulfonamides is 1. The van der Waals surface area contributed by atoms with E-state index < -0.39 is 10.0 Å². The zero-order chi connectivity index (χ0) is 22.2. The molecule has 2 aromatic carbocycles. The van der Waals surface area contributed by atoms with Crippen LogP contribution in [0.3, 0.4) is 0 Å². The first-order valence-corrected chi connectivity index (χ1v) is 11.5. The van der Waals surface area contributed by atoms with E-state index in [1.807, 2.05) is 0 Å². The molecule has 1 aliphatic rings. The minimum absolute atomic E-state index is 0.133. The number of benzene rings is 2. The quantitative estimate of drug-likeness (QED) is 0.597. The van der Waals surface area contributed by atoms with Crippen molar-refractivity contribution in [2.75, 3.05) is 26.2 Å². The summed E-state index contributed by atoms with van der Waals surface area (Å²) in [5.74, 6) is -0.698. The Kier molecular flexibility index (Phi) is 5.83. The number of hydrogen-bond donors (Lipinski definition) is 0. The van der Waals surface area contributed by atoms with E-state index in [1.165, 1.54) is 33.3 Å². The van der Waals surface area contributed by atoms with E-state index in [0.29, 0.717) is 11.4 Å². The number of hydrogen-bond acceptors (Lipinski definition) is 4. The average molecular weight is 463 g/mol. The third-order valence-electron chi connectivity index (χ3n) is 5.20. The van der Waals surface area contributed by atoms with Crippen molar-refractivity contribution >= 4 is 27.5 Å². The summed E-state index contributed by atoms with van der Waals surface area (Å²) in [6, 6.07) is 13.8. The lowest BCUT2D eigenvalue weighted by molar-refractivity contribution is 0.0697. The molecule has 0 saturated carbocycles. The average Bonchev–Trinajstić information content (AvgIpc) is 3.08. The van der Waals surface area contributed by atoms with Gasteiger partial charge in [-0.25, -0.2) is 17.5 Å². The van der Waals surface area contributed by atoms with E-state index in [-0.39, 0.29) is 53.5 Å². The normalized spacial score (nSPS) is 15.3. The summed E-state index contributed by atoms with van der Waals surface area (Å²) >= 11 is 6.45. The zero-order valence-corrected chi connectivity index (χ0v) is 18.3. The van der Waals surface area contributed by atoms with Crippen molar-refractivity contribution in [1.82, 2.24) is 19.0 Å². The maximum Gasteiger partial charge on any atom is 0.259 e. The van der Waals surface area contributed by atoms with Gasteiger partial charge in [-0.2, -0.15) is 9.40 Å². The van der Waals surface area contributed by atoms with E-state index in [4.69, 9.17) is 11.6 Å². The highest BCUT2D eigenvalue weighted by Crippen LogP contribution is 2.26. The van der Waals surface area contributed by atoms with Crippen LogP contribution < -0.4 is 0 Å². The molecule has 2 heterocycles. The van der Waals surface area contributed by atoms with Crippen molar-refractivity contribution in [1.29, 1.82) is 0 Å². The minimum atomic E-state index is -3.61. The number of carbonyl (C=O) groups is 1. The summed E-state index contributed by atoms with van der Waals surface area (Å²) < 4.78 is 41.6. The van der Waals surface area contributed by atoms with Crippen LogP contribution in [0.5, 0.6) is 0 Å². The maximum absolute atomic E-state index is 13.2. The Morgan fingerprint density at radius 2 is 1.61 bits per heavy atom. The number of aromatic nitrogens is 2. The molecule has 1 amide bonds. The lowest BCUT2D eigenvalue weighted by Gasteiger charge is -2.34. The molecule has 0 aliphatic carbocycles. The van der Waals surface area contributed by atoms with Gasteiger partial charge in [0.15, 0.2) is 0 Å². The molecule has 1 aromatic heterocycles. The standard InChI is InChI=1S/C21H20ClFN4O3S/c1-15-19(20(22)27(24-15)17-9-7-16(23)8-10-17)21(28)25-11-13-26(14-12-25)31(29,30)18-5-3-2-4-6-18/h2-10H,11-14H2,1H3. The molecule has 0 atom stereocenters. The fourth-order valence-corrected chi connectivity index (χ4v) is 5.32. The Morgan fingerprint density at radius 1 is 1.00 bits per heavy atom. The van der Waals surface area contributed by atoms with Crippen LogP contribution in [-0.2, 0) is 10.0 Å². The van der Waals surface area contributed by atoms with Crippen molar-refractivity contribution in [3.8, 4) is 5.69 Å². The van der Waals surface area contributed by atoms with Crippen LogP contribution >= 0.6 is 11.6 Å². The van der Waals surface area contributed by atoms with Crippen molar-refractivity contribution in [3.63, 3.8) is 0 Å². The Morgan fingerprint density at radius 3 is 2.23 bits per heavy atom. The van der Waals surface area contributed by atoms with E-state index in [1.54, 1.807) is 42.2 Å². The van der Waals surface area contributed by atoms with E-state index in [2.05, 4.69) is 5.10 Å².